The summed E-state index contributed by atoms with van der Waals surface area (Å²) in [5.74, 6) is -1.45. The fourth-order valence-corrected chi connectivity index (χ4v) is 8.42. The Bertz CT molecular complexity index is 2090. The Hall–Kier alpha value is -4.99. The minimum Gasteiger partial charge on any atom is -0.465 e. The second kappa shape index (κ2) is 17.9. The lowest BCUT2D eigenvalue weighted by atomic mass is 9.62. The summed E-state index contributed by atoms with van der Waals surface area (Å²) in [6, 6.07) is 11.6. The van der Waals surface area contributed by atoms with E-state index in [9.17, 15) is 31.9 Å². The first kappa shape index (κ1) is 42.2. The van der Waals surface area contributed by atoms with Crippen LogP contribution in [0.1, 0.15) is 65.2 Å². The Morgan fingerprint density at radius 3 is 1.62 bits per heavy atom. The highest BCUT2D eigenvalue weighted by Crippen LogP contribution is 2.51. The molecule has 300 valence electrons. The van der Waals surface area contributed by atoms with Crippen LogP contribution in [-0.2, 0) is 33.4 Å². The lowest BCUT2D eigenvalue weighted by Gasteiger charge is -2.43. The number of fused-ring (bicyclic) bond motifs is 2. The Balaban J connectivity index is 0.000000216. The molecule has 15 heteroatoms. The van der Waals surface area contributed by atoms with E-state index in [-0.39, 0.29) is 43.7 Å². The molecule has 0 bridgehead atoms. The third kappa shape index (κ3) is 9.68. The highest BCUT2D eigenvalue weighted by atomic mass is 32.2. The number of allylic oxidation sites excluding steroid dienone is 4. The van der Waals surface area contributed by atoms with Crippen molar-refractivity contribution in [1.29, 1.82) is 0 Å². The van der Waals surface area contributed by atoms with Gasteiger partial charge in [0.2, 0.25) is 0 Å². The van der Waals surface area contributed by atoms with Gasteiger partial charge in [-0.2, -0.15) is 8.42 Å². The molecule has 0 aromatic heterocycles. The number of aliphatic hydroxyl groups excluding tert-OH is 1. The van der Waals surface area contributed by atoms with Gasteiger partial charge >= 0.3 is 11.9 Å². The zero-order valence-corrected chi connectivity index (χ0v) is 32.5. The van der Waals surface area contributed by atoms with Crippen LogP contribution in [-0.4, -0.2) is 68.6 Å². The van der Waals surface area contributed by atoms with Crippen LogP contribution in [0.15, 0.2) is 105 Å². The summed E-state index contributed by atoms with van der Waals surface area (Å²) in [6.45, 7) is 3.96. The first-order valence-corrected chi connectivity index (χ1v) is 20.3. The number of aliphatic hydroxyl groups is 1. The van der Waals surface area contributed by atoms with Crippen LogP contribution < -0.4 is 11.5 Å². The van der Waals surface area contributed by atoms with Crippen molar-refractivity contribution in [3.05, 3.63) is 107 Å². The van der Waals surface area contributed by atoms with Gasteiger partial charge in [-0.05, 0) is 149 Å². The molecular formula is C41H48F2N4O8S. The number of hydrogen-bond acceptors (Lipinski definition) is 12. The molecule has 56 heavy (non-hydrogen) atoms. The van der Waals surface area contributed by atoms with Crippen molar-refractivity contribution >= 4 is 44.9 Å². The third-order valence-corrected chi connectivity index (χ3v) is 11.0. The number of halogens is 2. The fraction of sp³-hybridized carbons (Fsp3) is 0.415. The van der Waals surface area contributed by atoms with Crippen LogP contribution in [0, 0.1) is 22.5 Å². The predicted octanol–water partition coefficient (Wildman–Crippen LogP) is 6.31. The normalized spacial score (nSPS) is 27.7. The quantitative estimate of drug-likeness (QED) is 0.201. The number of hydrogen-bond donors (Lipinski definition) is 3. The molecule has 2 fully saturated rings. The summed E-state index contributed by atoms with van der Waals surface area (Å²) in [5, 5.41) is 10.2. The van der Waals surface area contributed by atoms with Crippen molar-refractivity contribution in [3.63, 3.8) is 0 Å². The van der Waals surface area contributed by atoms with E-state index in [0.717, 1.165) is 17.4 Å². The van der Waals surface area contributed by atoms with Crippen molar-refractivity contribution in [2.45, 2.75) is 77.4 Å². The Morgan fingerprint density at radius 2 is 1.21 bits per heavy atom. The maximum absolute atomic E-state index is 13.2. The zero-order valence-electron chi connectivity index (χ0n) is 31.7. The first-order chi connectivity index (χ1) is 26.6. The summed E-state index contributed by atoms with van der Waals surface area (Å²) in [4.78, 5) is 34.9. The molecule has 1 unspecified atom stereocenters. The standard InChI is InChI=1S/C21H25FN2O5S.C20H23FN2O3/c1-3-28-20(25)21-11-14(13-23)19(24-17-7-5-16(22)6-8-17)10-15(21)4-9-18(12-21)29-30(2,26)27;1-2-26-19(25)20-10-13(12-22)18(9-14(20)3-8-17(24)11-20)23-16-6-4-15(21)5-7-16/h5-8,10,13,18H,3-4,9,11-12,23H2,1-2H3;4-7,9,12,17,24H,2-3,8,10-11,22H2,1H3/t18-,21+;17?,20-/m10/s1. The van der Waals surface area contributed by atoms with Crippen LogP contribution >= 0.6 is 0 Å². The topological polar surface area (TPSA) is 193 Å². The molecule has 4 aliphatic rings. The van der Waals surface area contributed by atoms with Crippen LogP contribution in [0.3, 0.4) is 0 Å². The van der Waals surface area contributed by atoms with E-state index in [1.807, 2.05) is 6.08 Å². The van der Waals surface area contributed by atoms with Gasteiger partial charge in [0.1, 0.15) is 11.6 Å². The largest absolute Gasteiger partial charge is 0.465 e. The zero-order chi connectivity index (χ0) is 40.7. The average molecular weight is 795 g/mol. The predicted molar refractivity (Wildman–Crippen MR) is 208 cm³/mol. The van der Waals surface area contributed by atoms with Gasteiger partial charge in [-0.15, -0.1) is 0 Å². The molecule has 6 rings (SSSR count). The fourth-order valence-electron chi connectivity index (χ4n) is 7.76. The van der Waals surface area contributed by atoms with E-state index in [1.54, 1.807) is 44.2 Å². The summed E-state index contributed by atoms with van der Waals surface area (Å²) in [6.07, 6.45) is 9.47. The summed E-state index contributed by atoms with van der Waals surface area (Å²) in [7, 11) is -3.67. The van der Waals surface area contributed by atoms with E-state index >= 15 is 0 Å². The van der Waals surface area contributed by atoms with Gasteiger partial charge in [0.25, 0.3) is 10.1 Å². The molecule has 0 saturated heterocycles. The molecular weight excluding hydrogens is 747 g/mol. The molecule has 5 N–H and O–H groups in total. The number of nitrogens with zero attached hydrogens (tertiary/aromatic N) is 2. The highest BCUT2D eigenvalue weighted by Gasteiger charge is 2.52. The van der Waals surface area contributed by atoms with Crippen molar-refractivity contribution in [3.8, 4) is 0 Å². The molecule has 0 heterocycles. The van der Waals surface area contributed by atoms with E-state index in [0.29, 0.717) is 72.5 Å². The van der Waals surface area contributed by atoms with Crippen LogP contribution in [0.2, 0.25) is 0 Å². The first-order valence-electron chi connectivity index (χ1n) is 18.5. The number of carbonyl (C=O) groups excluding carboxylic acids is 2. The van der Waals surface area contributed by atoms with E-state index in [4.69, 9.17) is 25.1 Å². The van der Waals surface area contributed by atoms with Crippen LogP contribution in [0.4, 0.5) is 20.2 Å². The van der Waals surface area contributed by atoms with Gasteiger partial charge in [0, 0.05) is 0 Å². The molecule has 0 spiro atoms. The van der Waals surface area contributed by atoms with Gasteiger partial charge in [-0.25, -0.2) is 18.8 Å². The van der Waals surface area contributed by atoms with Crippen molar-refractivity contribution in [1.82, 2.24) is 0 Å². The maximum Gasteiger partial charge on any atom is 0.316 e. The number of aliphatic imine (C=N–C) groups is 2. The van der Waals surface area contributed by atoms with Crippen molar-refractivity contribution < 1.29 is 45.6 Å². The van der Waals surface area contributed by atoms with Crippen molar-refractivity contribution in [2.75, 3.05) is 19.5 Å². The number of benzene rings is 2. The summed E-state index contributed by atoms with van der Waals surface area (Å²) >= 11 is 0. The number of esters is 2. The van der Waals surface area contributed by atoms with E-state index in [2.05, 4.69) is 9.98 Å². The molecule has 2 saturated carbocycles. The molecule has 0 amide bonds. The van der Waals surface area contributed by atoms with Crippen LogP contribution in [0.25, 0.3) is 0 Å². The number of rotatable bonds is 8. The average Bonchev–Trinajstić information content (AvgIpc) is 3.16. The summed E-state index contributed by atoms with van der Waals surface area (Å²) < 4.78 is 65.4. The minimum absolute atomic E-state index is 0.173. The molecule has 2 aromatic rings. The Labute approximate surface area is 325 Å². The molecule has 12 nitrogen and oxygen atoms in total. The lowest BCUT2D eigenvalue weighted by Crippen LogP contribution is -2.45. The minimum atomic E-state index is -3.67. The van der Waals surface area contributed by atoms with E-state index in [1.165, 1.54) is 36.7 Å². The van der Waals surface area contributed by atoms with Gasteiger partial charge in [-0.3, -0.25) is 13.8 Å². The van der Waals surface area contributed by atoms with Gasteiger partial charge in [0.15, 0.2) is 0 Å². The van der Waals surface area contributed by atoms with Crippen molar-refractivity contribution in [2.24, 2.45) is 32.3 Å². The Kier molecular flexibility index (Phi) is 13.4. The molecule has 0 radical (unpaired) electrons. The SMILES string of the molecule is CCOC(=O)[C@]12CC(=CN)C(=Nc3ccc(F)cc3)C=C1CCC(O)C2.CCOC(=O)[C@]12CC(=CN)C(=Nc3ccc(F)cc3)C=C1CC[C@@H](OS(C)(=O)=O)C2. The molecule has 2 aromatic carbocycles. The number of carbonyl (C=O) groups is 2. The van der Waals surface area contributed by atoms with E-state index < -0.39 is 39.1 Å². The molecule has 4 atom stereocenters. The lowest BCUT2D eigenvalue weighted by molar-refractivity contribution is -0.156. The molecule has 4 aliphatic carbocycles. The smallest absolute Gasteiger partial charge is 0.316 e. The van der Waals surface area contributed by atoms with Gasteiger partial charge in [-0.1, -0.05) is 11.1 Å². The van der Waals surface area contributed by atoms with Gasteiger partial charge in [0.05, 0.1) is 65.3 Å². The Morgan fingerprint density at radius 1 is 0.786 bits per heavy atom. The second-order valence-electron chi connectivity index (χ2n) is 14.2. The highest BCUT2D eigenvalue weighted by molar-refractivity contribution is 7.86. The third-order valence-electron chi connectivity index (χ3n) is 10.3. The second-order valence-corrected chi connectivity index (χ2v) is 15.8. The number of nitrogens with two attached hydrogens (primary N) is 2. The molecule has 0 aliphatic heterocycles. The number of ether oxygens (including phenoxy) is 2. The summed E-state index contributed by atoms with van der Waals surface area (Å²) in [5.41, 5.74) is 15.2. The van der Waals surface area contributed by atoms with Crippen LogP contribution in [0.5, 0.6) is 0 Å². The monoisotopic (exact) mass is 794 g/mol. The maximum atomic E-state index is 13.2. The van der Waals surface area contributed by atoms with Gasteiger partial charge < -0.3 is 26.0 Å².